The number of esters is 2. The van der Waals surface area contributed by atoms with Crippen LogP contribution in [0.4, 0.5) is 0 Å². The highest BCUT2D eigenvalue weighted by molar-refractivity contribution is 6.27. The second kappa shape index (κ2) is 12.9. The van der Waals surface area contributed by atoms with Crippen molar-refractivity contribution >= 4 is 44.5 Å². The van der Waals surface area contributed by atoms with Crippen molar-refractivity contribution in [1.82, 2.24) is 15.0 Å². The Morgan fingerprint density at radius 2 is 1.41 bits per heavy atom. The van der Waals surface area contributed by atoms with Gasteiger partial charge in [-0.2, -0.15) is 0 Å². The number of hydrogen-bond acceptors (Lipinski definition) is 6. The second-order valence-electron chi connectivity index (χ2n) is 10.3. The first-order valence-corrected chi connectivity index (χ1v) is 14.7. The summed E-state index contributed by atoms with van der Waals surface area (Å²) in [6.45, 7) is 7.24. The Morgan fingerprint density at radius 3 is 2.15 bits per heavy atom. The van der Waals surface area contributed by atoms with E-state index in [0.717, 1.165) is 63.1 Å². The average Bonchev–Trinajstić information content (AvgIpc) is 3.43. The lowest BCUT2D eigenvalue weighted by Gasteiger charge is -2.13. The van der Waals surface area contributed by atoms with Crippen LogP contribution >= 0.6 is 0 Å². The van der Waals surface area contributed by atoms with Gasteiger partial charge in [-0.15, -0.1) is 5.10 Å². The van der Waals surface area contributed by atoms with Crippen molar-refractivity contribution in [2.24, 2.45) is 0 Å². The molecule has 1 aromatic heterocycles. The molecule has 0 spiro atoms. The van der Waals surface area contributed by atoms with Crippen molar-refractivity contribution in [2.75, 3.05) is 13.2 Å². The molecule has 7 nitrogen and oxygen atoms in total. The number of fused-ring (bicyclic) bond motifs is 6. The van der Waals surface area contributed by atoms with Crippen LogP contribution in [0, 0.1) is 0 Å². The molecule has 0 aliphatic heterocycles. The quantitative estimate of drug-likeness (QED) is 0.0884. The summed E-state index contributed by atoms with van der Waals surface area (Å²) in [5, 5.41) is 13.3. The molecule has 0 saturated carbocycles. The maximum atomic E-state index is 12.7. The molecule has 0 amide bonds. The number of aromatic nitrogens is 3. The van der Waals surface area contributed by atoms with Crippen LogP contribution in [0.1, 0.15) is 80.0 Å². The van der Waals surface area contributed by atoms with Crippen molar-refractivity contribution in [2.45, 2.75) is 65.8 Å². The van der Waals surface area contributed by atoms with Gasteiger partial charge >= 0.3 is 11.9 Å². The van der Waals surface area contributed by atoms with Gasteiger partial charge in [-0.25, -0.2) is 14.3 Å². The van der Waals surface area contributed by atoms with Gasteiger partial charge in [-0.3, -0.25) is 0 Å². The number of carbonyl (C=O) groups is 2. The molecule has 5 rings (SSSR count). The van der Waals surface area contributed by atoms with Crippen LogP contribution in [-0.4, -0.2) is 40.1 Å². The summed E-state index contributed by atoms with van der Waals surface area (Å²) in [7, 11) is 0. The maximum Gasteiger partial charge on any atom is 0.338 e. The SMILES string of the molecule is CCCCCCCCn1nnc2c3c(-c4ccc(C(=O)OCC)cc4)cccc3c3ccc(C(=O)OCC)cc3c21. The molecule has 5 aromatic rings. The number of unbranched alkanes of at least 4 members (excludes halogenated alkanes) is 5. The minimum Gasteiger partial charge on any atom is -0.462 e. The lowest BCUT2D eigenvalue weighted by Crippen LogP contribution is -2.05. The lowest BCUT2D eigenvalue weighted by atomic mass is 9.92. The minimum absolute atomic E-state index is 0.319. The van der Waals surface area contributed by atoms with E-state index >= 15 is 0 Å². The molecule has 0 unspecified atom stereocenters. The molecule has 4 aromatic carbocycles. The Hall–Kier alpha value is -4.26. The molecular weight excluding hydrogens is 514 g/mol. The van der Waals surface area contributed by atoms with Gasteiger partial charge in [-0.05, 0) is 66.4 Å². The van der Waals surface area contributed by atoms with Crippen LogP contribution in [0.25, 0.3) is 43.7 Å². The van der Waals surface area contributed by atoms with E-state index in [0.29, 0.717) is 24.3 Å². The van der Waals surface area contributed by atoms with Crippen molar-refractivity contribution in [1.29, 1.82) is 0 Å². The third-order valence-corrected chi connectivity index (χ3v) is 7.54. The molecule has 0 atom stereocenters. The summed E-state index contributed by atoms with van der Waals surface area (Å²) in [5.74, 6) is -0.673. The molecule has 0 aliphatic carbocycles. The zero-order chi connectivity index (χ0) is 28.8. The van der Waals surface area contributed by atoms with Crippen molar-refractivity contribution in [3.63, 3.8) is 0 Å². The van der Waals surface area contributed by atoms with Crippen molar-refractivity contribution < 1.29 is 19.1 Å². The van der Waals surface area contributed by atoms with Gasteiger partial charge in [0.2, 0.25) is 0 Å². The third kappa shape index (κ3) is 5.80. The first-order chi connectivity index (χ1) is 20.1. The monoisotopic (exact) mass is 551 g/mol. The first-order valence-electron chi connectivity index (χ1n) is 14.7. The first kappa shape index (κ1) is 28.3. The molecule has 0 bridgehead atoms. The second-order valence-corrected chi connectivity index (χ2v) is 10.3. The fourth-order valence-corrected chi connectivity index (χ4v) is 5.54. The van der Waals surface area contributed by atoms with Gasteiger partial charge in [0.1, 0.15) is 5.52 Å². The van der Waals surface area contributed by atoms with Gasteiger partial charge in [0.05, 0.1) is 29.9 Å². The fraction of sp³-hybridized carbons (Fsp3) is 0.353. The van der Waals surface area contributed by atoms with E-state index in [1.165, 1.54) is 25.7 Å². The Morgan fingerprint density at radius 1 is 0.732 bits per heavy atom. The van der Waals surface area contributed by atoms with Gasteiger partial charge in [0.15, 0.2) is 0 Å². The largest absolute Gasteiger partial charge is 0.462 e. The molecule has 0 N–H and O–H groups in total. The predicted molar refractivity (Wildman–Crippen MR) is 163 cm³/mol. The predicted octanol–water partition coefficient (Wildman–Crippen LogP) is 8.12. The highest BCUT2D eigenvalue weighted by atomic mass is 16.5. The van der Waals surface area contributed by atoms with E-state index in [-0.39, 0.29) is 11.9 Å². The van der Waals surface area contributed by atoms with Crippen LogP contribution < -0.4 is 0 Å². The number of carbonyl (C=O) groups excluding carboxylic acids is 2. The number of nitrogens with zero attached hydrogens (tertiary/aromatic N) is 3. The minimum atomic E-state index is -0.340. The molecule has 0 aliphatic rings. The summed E-state index contributed by atoms with van der Waals surface area (Å²) in [6, 6.07) is 19.4. The number of hydrogen-bond donors (Lipinski definition) is 0. The van der Waals surface area contributed by atoms with Crippen LogP contribution in [-0.2, 0) is 16.0 Å². The number of rotatable bonds is 12. The summed E-state index contributed by atoms with van der Waals surface area (Å²) in [4.78, 5) is 24.9. The van der Waals surface area contributed by atoms with Crippen molar-refractivity contribution in [3.05, 3.63) is 71.8 Å². The Balaban J connectivity index is 1.66. The van der Waals surface area contributed by atoms with Crippen LogP contribution in [0.3, 0.4) is 0 Å². The highest BCUT2D eigenvalue weighted by Crippen LogP contribution is 2.40. The lowest BCUT2D eigenvalue weighted by molar-refractivity contribution is 0.0517. The highest BCUT2D eigenvalue weighted by Gasteiger charge is 2.20. The van der Waals surface area contributed by atoms with E-state index in [9.17, 15) is 9.59 Å². The van der Waals surface area contributed by atoms with E-state index < -0.39 is 0 Å². The van der Waals surface area contributed by atoms with E-state index in [1.54, 1.807) is 19.1 Å². The molecule has 0 radical (unpaired) electrons. The Kier molecular flexibility index (Phi) is 8.92. The normalized spacial score (nSPS) is 11.4. The zero-order valence-electron chi connectivity index (χ0n) is 24.1. The summed E-state index contributed by atoms with van der Waals surface area (Å²) in [5.41, 5.74) is 4.72. The molecule has 0 fully saturated rings. The molecule has 0 saturated heterocycles. The van der Waals surface area contributed by atoms with Gasteiger partial charge < -0.3 is 9.47 Å². The maximum absolute atomic E-state index is 12.7. The molecular formula is C34H37N3O4. The molecule has 212 valence electrons. The van der Waals surface area contributed by atoms with E-state index in [2.05, 4.69) is 24.3 Å². The Bertz CT molecular complexity index is 1690. The van der Waals surface area contributed by atoms with Crippen molar-refractivity contribution in [3.8, 4) is 11.1 Å². The summed E-state index contributed by atoms with van der Waals surface area (Å²) in [6.07, 6.45) is 7.11. The topological polar surface area (TPSA) is 83.3 Å². The van der Waals surface area contributed by atoms with Gasteiger partial charge in [0, 0.05) is 17.3 Å². The van der Waals surface area contributed by atoms with Gasteiger partial charge in [0.25, 0.3) is 0 Å². The van der Waals surface area contributed by atoms with E-state index in [1.807, 2.05) is 48.0 Å². The third-order valence-electron chi connectivity index (χ3n) is 7.54. The molecule has 1 heterocycles. The molecule has 7 heteroatoms. The summed E-state index contributed by atoms with van der Waals surface area (Å²) < 4.78 is 12.5. The summed E-state index contributed by atoms with van der Waals surface area (Å²) >= 11 is 0. The van der Waals surface area contributed by atoms with Crippen LogP contribution in [0.5, 0.6) is 0 Å². The van der Waals surface area contributed by atoms with Crippen LogP contribution in [0.2, 0.25) is 0 Å². The number of ether oxygens (including phenoxy) is 2. The van der Waals surface area contributed by atoms with Gasteiger partial charge in [-0.1, -0.05) is 80.6 Å². The average molecular weight is 552 g/mol. The number of benzene rings is 4. The molecule has 41 heavy (non-hydrogen) atoms. The standard InChI is InChI=1S/C34H37N3O4/c1-4-7-8-9-10-11-21-37-32-29-22-25(34(39)41-6-3)19-20-27(29)28-14-12-13-26(30(28)31(32)35-36-37)23-15-17-24(18-16-23)33(38)40-5-2/h12-20,22H,4-11,21H2,1-3H3. The number of aryl methyl sites for hydroxylation is 1. The smallest absolute Gasteiger partial charge is 0.338 e. The zero-order valence-corrected chi connectivity index (χ0v) is 24.1. The fourth-order valence-electron chi connectivity index (χ4n) is 5.54. The van der Waals surface area contributed by atoms with Crippen LogP contribution in [0.15, 0.2) is 60.7 Å². The van der Waals surface area contributed by atoms with E-state index in [4.69, 9.17) is 14.6 Å². The Labute approximate surface area is 240 Å².